The fourth-order valence-corrected chi connectivity index (χ4v) is 2.80. The molecule has 0 radical (unpaired) electrons. The van der Waals surface area contributed by atoms with Crippen molar-refractivity contribution in [2.45, 2.75) is 51.5 Å². The van der Waals surface area contributed by atoms with E-state index < -0.39 is 11.8 Å². The normalized spacial score (nSPS) is 16.4. The van der Waals surface area contributed by atoms with Gasteiger partial charge >= 0.3 is 5.69 Å². The van der Waals surface area contributed by atoms with Crippen molar-refractivity contribution >= 4 is 11.6 Å². The monoisotopic (exact) mass is 351 g/mol. The summed E-state index contributed by atoms with van der Waals surface area (Å²) in [6.45, 7) is 5.63. The van der Waals surface area contributed by atoms with Gasteiger partial charge in [0.15, 0.2) is 12.1 Å². The standard InChI is InChI=1S/C17H22ClN3O3/c1-4-24-15(22)17(2,3)21-16(23)20(13-9-10-13)14(19-21)11-5-7-12(18)8-6-11/h5-8,13,15,22H,4,9-10H2,1-3H3. The Hall–Kier alpha value is -1.63. The Bertz CT molecular complexity index is 775. The minimum atomic E-state index is -1.12. The molecule has 130 valence electrons. The Morgan fingerprint density at radius 2 is 2.00 bits per heavy atom. The summed E-state index contributed by atoms with van der Waals surface area (Å²) in [6.07, 6.45) is 0.794. The zero-order valence-electron chi connectivity index (χ0n) is 14.1. The average Bonchev–Trinajstić information content (AvgIpc) is 3.31. The number of aromatic nitrogens is 3. The highest BCUT2D eigenvalue weighted by Gasteiger charge is 2.38. The van der Waals surface area contributed by atoms with Crippen LogP contribution in [0.15, 0.2) is 29.1 Å². The number of rotatable bonds is 6. The van der Waals surface area contributed by atoms with Crippen LogP contribution in [0.3, 0.4) is 0 Å². The third-order valence-electron chi connectivity index (χ3n) is 4.30. The molecule has 1 fully saturated rings. The minimum absolute atomic E-state index is 0.164. The predicted octanol–water partition coefficient (Wildman–Crippen LogP) is 2.79. The van der Waals surface area contributed by atoms with E-state index in [0.717, 1.165) is 18.4 Å². The van der Waals surface area contributed by atoms with Gasteiger partial charge in [0, 0.05) is 23.2 Å². The van der Waals surface area contributed by atoms with Crippen LogP contribution in [0.1, 0.15) is 39.7 Å². The summed E-state index contributed by atoms with van der Waals surface area (Å²) < 4.78 is 8.33. The molecule has 1 heterocycles. The van der Waals surface area contributed by atoms with Gasteiger partial charge in [-0.2, -0.15) is 0 Å². The molecule has 0 aliphatic heterocycles. The van der Waals surface area contributed by atoms with E-state index in [0.29, 0.717) is 17.5 Å². The molecular formula is C17H22ClN3O3. The summed E-state index contributed by atoms with van der Waals surface area (Å²) in [5, 5.41) is 15.4. The molecule has 0 saturated heterocycles. The molecule has 3 rings (SSSR count). The van der Waals surface area contributed by atoms with Crippen LogP contribution in [-0.4, -0.2) is 32.4 Å². The van der Waals surface area contributed by atoms with Crippen LogP contribution >= 0.6 is 11.6 Å². The Morgan fingerprint density at radius 3 is 2.54 bits per heavy atom. The Morgan fingerprint density at radius 1 is 1.38 bits per heavy atom. The van der Waals surface area contributed by atoms with Gasteiger partial charge in [-0.25, -0.2) is 9.48 Å². The number of hydrogen-bond donors (Lipinski definition) is 1. The number of aliphatic hydroxyl groups excluding tert-OH is 1. The second kappa shape index (κ2) is 6.35. The molecule has 1 aliphatic rings. The topological polar surface area (TPSA) is 69.3 Å². The van der Waals surface area contributed by atoms with Gasteiger partial charge in [-0.05, 0) is 57.9 Å². The van der Waals surface area contributed by atoms with E-state index >= 15 is 0 Å². The van der Waals surface area contributed by atoms with Gasteiger partial charge < -0.3 is 9.84 Å². The maximum Gasteiger partial charge on any atom is 0.347 e. The number of nitrogens with zero attached hydrogens (tertiary/aromatic N) is 3. The lowest BCUT2D eigenvalue weighted by molar-refractivity contribution is -0.158. The molecule has 1 aromatic carbocycles. The fourth-order valence-electron chi connectivity index (χ4n) is 2.68. The SMILES string of the molecule is CCOC(O)C(C)(C)n1nc(-c2ccc(Cl)cc2)n(C2CC2)c1=O. The van der Waals surface area contributed by atoms with Gasteiger partial charge in [0.2, 0.25) is 0 Å². The molecule has 2 aromatic rings. The van der Waals surface area contributed by atoms with Crippen molar-refractivity contribution in [1.29, 1.82) is 0 Å². The van der Waals surface area contributed by atoms with Crippen LogP contribution in [0.25, 0.3) is 11.4 Å². The lowest BCUT2D eigenvalue weighted by atomic mass is 10.1. The molecule has 1 saturated carbocycles. The highest BCUT2D eigenvalue weighted by Crippen LogP contribution is 2.37. The summed E-state index contributed by atoms with van der Waals surface area (Å²) in [4.78, 5) is 12.9. The van der Waals surface area contributed by atoms with E-state index in [2.05, 4.69) is 5.10 Å². The molecule has 0 amide bonds. The maximum atomic E-state index is 12.9. The van der Waals surface area contributed by atoms with Crippen molar-refractivity contribution < 1.29 is 9.84 Å². The third-order valence-corrected chi connectivity index (χ3v) is 4.55. The smallest absolute Gasteiger partial charge is 0.347 e. The highest BCUT2D eigenvalue weighted by molar-refractivity contribution is 6.30. The van der Waals surface area contributed by atoms with Crippen molar-refractivity contribution in [2.24, 2.45) is 0 Å². The second-order valence-corrected chi connectivity index (χ2v) is 7.02. The van der Waals surface area contributed by atoms with Crippen molar-refractivity contribution in [1.82, 2.24) is 14.3 Å². The highest BCUT2D eigenvalue weighted by atomic mass is 35.5. The number of aliphatic hydroxyl groups is 1. The first-order valence-corrected chi connectivity index (χ1v) is 8.51. The van der Waals surface area contributed by atoms with Gasteiger partial charge in [-0.1, -0.05) is 11.6 Å². The summed E-state index contributed by atoms with van der Waals surface area (Å²) in [5.41, 5.74) is -0.385. The summed E-state index contributed by atoms with van der Waals surface area (Å²) in [5.74, 6) is 0.593. The summed E-state index contributed by atoms with van der Waals surface area (Å²) in [7, 11) is 0. The number of hydrogen-bond acceptors (Lipinski definition) is 4. The molecule has 1 aliphatic carbocycles. The van der Waals surface area contributed by atoms with Gasteiger partial charge in [-0.15, -0.1) is 5.10 Å². The molecular weight excluding hydrogens is 330 g/mol. The Balaban J connectivity index is 2.11. The van der Waals surface area contributed by atoms with Crippen LogP contribution in [0, 0.1) is 0 Å². The molecule has 1 aromatic heterocycles. The molecule has 1 unspecified atom stereocenters. The van der Waals surface area contributed by atoms with E-state index in [4.69, 9.17) is 16.3 Å². The van der Waals surface area contributed by atoms with E-state index in [1.165, 1.54) is 4.68 Å². The Kier molecular flexibility index (Phi) is 4.55. The van der Waals surface area contributed by atoms with Gasteiger partial charge in [0.1, 0.15) is 5.54 Å². The first-order valence-electron chi connectivity index (χ1n) is 8.14. The average molecular weight is 352 g/mol. The number of ether oxygens (including phenoxy) is 1. The number of halogens is 1. The molecule has 6 nitrogen and oxygen atoms in total. The lowest BCUT2D eigenvalue weighted by Gasteiger charge is -2.29. The van der Waals surface area contributed by atoms with E-state index in [-0.39, 0.29) is 11.7 Å². The quantitative estimate of drug-likeness (QED) is 0.812. The second-order valence-electron chi connectivity index (χ2n) is 6.59. The molecule has 1 atom stereocenters. The molecule has 24 heavy (non-hydrogen) atoms. The van der Waals surface area contributed by atoms with E-state index in [9.17, 15) is 9.90 Å². The van der Waals surface area contributed by atoms with Gasteiger partial charge in [0.05, 0.1) is 0 Å². The fraction of sp³-hybridized carbons (Fsp3) is 0.529. The summed E-state index contributed by atoms with van der Waals surface area (Å²) >= 11 is 5.96. The van der Waals surface area contributed by atoms with Crippen molar-refractivity contribution in [3.63, 3.8) is 0 Å². The van der Waals surface area contributed by atoms with Crippen LogP contribution in [-0.2, 0) is 10.3 Å². The zero-order chi connectivity index (χ0) is 17.5. The van der Waals surface area contributed by atoms with E-state index in [1.54, 1.807) is 37.5 Å². The van der Waals surface area contributed by atoms with E-state index in [1.807, 2.05) is 12.1 Å². The minimum Gasteiger partial charge on any atom is -0.366 e. The van der Waals surface area contributed by atoms with Crippen LogP contribution in [0.2, 0.25) is 5.02 Å². The predicted molar refractivity (Wildman–Crippen MR) is 92.2 cm³/mol. The first kappa shape index (κ1) is 17.2. The maximum absolute atomic E-state index is 12.9. The summed E-state index contributed by atoms with van der Waals surface area (Å²) in [6, 6.07) is 7.41. The lowest BCUT2D eigenvalue weighted by Crippen LogP contribution is -2.47. The molecule has 0 spiro atoms. The van der Waals surface area contributed by atoms with Crippen molar-refractivity contribution in [3.8, 4) is 11.4 Å². The van der Waals surface area contributed by atoms with Gasteiger partial charge in [0.25, 0.3) is 0 Å². The van der Waals surface area contributed by atoms with Crippen LogP contribution < -0.4 is 5.69 Å². The zero-order valence-corrected chi connectivity index (χ0v) is 14.8. The largest absolute Gasteiger partial charge is 0.366 e. The molecule has 0 bridgehead atoms. The van der Waals surface area contributed by atoms with Crippen molar-refractivity contribution in [3.05, 3.63) is 39.8 Å². The first-order chi connectivity index (χ1) is 11.4. The van der Waals surface area contributed by atoms with Crippen LogP contribution in [0.4, 0.5) is 0 Å². The van der Waals surface area contributed by atoms with Crippen molar-refractivity contribution in [2.75, 3.05) is 6.61 Å². The molecule has 7 heteroatoms. The number of benzene rings is 1. The third kappa shape index (κ3) is 3.01. The van der Waals surface area contributed by atoms with Crippen LogP contribution in [0.5, 0.6) is 0 Å². The Labute approximate surface area is 145 Å². The molecule has 1 N–H and O–H groups in total. The van der Waals surface area contributed by atoms with Gasteiger partial charge in [-0.3, -0.25) is 4.57 Å².